The van der Waals surface area contributed by atoms with E-state index < -0.39 is 5.97 Å². The summed E-state index contributed by atoms with van der Waals surface area (Å²) >= 11 is 3.29. The Labute approximate surface area is 111 Å². The first kappa shape index (κ1) is 14.0. The van der Waals surface area contributed by atoms with Crippen LogP contribution in [0, 0.1) is 5.41 Å². The van der Waals surface area contributed by atoms with Crippen LogP contribution in [0.25, 0.3) is 0 Å². The van der Waals surface area contributed by atoms with Gasteiger partial charge in [0.15, 0.2) is 0 Å². The average Bonchev–Trinajstić information content (AvgIpc) is 2.13. The van der Waals surface area contributed by atoms with Gasteiger partial charge in [-0.05, 0) is 33.5 Å². The Morgan fingerprint density at radius 3 is 2.47 bits per heavy atom. The minimum atomic E-state index is -0.909. The molecule has 0 aliphatic heterocycles. The second-order valence-corrected chi connectivity index (χ2v) is 6.21. The normalized spacial score (nSPS) is 11.4. The van der Waals surface area contributed by atoms with Crippen LogP contribution in [0.4, 0.5) is 5.69 Å². The van der Waals surface area contributed by atoms with Crippen molar-refractivity contribution < 1.29 is 9.90 Å². The Balaban J connectivity index is 3.13. The molecular formula is C13H18BrNO2. The van der Waals surface area contributed by atoms with Crippen molar-refractivity contribution in [2.75, 3.05) is 18.5 Å². The van der Waals surface area contributed by atoms with E-state index in [2.05, 4.69) is 36.7 Å². The van der Waals surface area contributed by atoms with Crippen molar-refractivity contribution in [1.82, 2.24) is 0 Å². The Morgan fingerprint density at radius 1 is 1.41 bits per heavy atom. The van der Waals surface area contributed by atoms with E-state index in [9.17, 15) is 9.90 Å². The van der Waals surface area contributed by atoms with Gasteiger partial charge in [0.25, 0.3) is 0 Å². The molecule has 0 atom stereocenters. The van der Waals surface area contributed by atoms with Gasteiger partial charge in [-0.2, -0.15) is 0 Å². The molecule has 1 aromatic carbocycles. The lowest BCUT2D eigenvalue weighted by Gasteiger charge is -2.29. The first-order valence-corrected chi connectivity index (χ1v) is 6.24. The Hall–Kier alpha value is -1.03. The minimum Gasteiger partial charge on any atom is -0.478 e. The Kier molecular flexibility index (Phi) is 4.20. The van der Waals surface area contributed by atoms with Gasteiger partial charge in [0, 0.05) is 18.1 Å². The maximum Gasteiger partial charge on any atom is 0.338 e. The van der Waals surface area contributed by atoms with E-state index in [0.29, 0.717) is 10.0 Å². The summed E-state index contributed by atoms with van der Waals surface area (Å²) in [6.45, 7) is 7.18. The molecule has 0 bridgehead atoms. The number of rotatable bonds is 3. The molecule has 0 aliphatic carbocycles. The van der Waals surface area contributed by atoms with Gasteiger partial charge in [-0.25, -0.2) is 4.79 Å². The van der Waals surface area contributed by atoms with Crippen LogP contribution in [0.2, 0.25) is 0 Å². The molecule has 0 saturated heterocycles. The van der Waals surface area contributed by atoms with Crippen molar-refractivity contribution >= 4 is 27.6 Å². The van der Waals surface area contributed by atoms with Gasteiger partial charge < -0.3 is 10.0 Å². The monoisotopic (exact) mass is 299 g/mol. The van der Waals surface area contributed by atoms with E-state index in [4.69, 9.17) is 0 Å². The maximum absolute atomic E-state index is 11.3. The third-order valence-corrected chi connectivity index (χ3v) is 2.99. The van der Waals surface area contributed by atoms with Gasteiger partial charge in [-0.15, -0.1) is 0 Å². The number of hydrogen-bond donors (Lipinski definition) is 1. The number of carboxylic acids is 1. The van der Waals surface area contributed by atoms with Crippen LogP contribution in [-0.2, 0) is 0 Å². The third-order valence-electron chi connectivity index (χ3n) is 2.33. The fourth-order valence-corrected chi connectivity index (χ4v) is 2.36. The molecule has 0 amide bonds. The van der Waals surface area contributed by atoms with Gasteiger partial charge in [0.1, 0.15) is 0 Å². The SMILES string of the molecule is CN(CC(C)(C)C)c1cccc(Br)c1C(=O)O. The zero-order chi connectivity index (χ0) is 13.2. The van der Waals surface area contributed by atoms with Crippen molar-refractivity contribution in [3.05, 3.63) is 28.2 Å². The molecule has 17 heavy (non-hydrogen) atoms. The first-order valence-electron chi connectivity index (χ1n) is 5.45. The number of anilines is 1. The summed E-state index contributed by atoms with van der Waals surface area (Å²) in [6.07, 6.45) is 0. The molecule has 1 rings (SSSR count). The second kappa shape index (κ2) is 5.08. The quantitative estimate of drug-likeness (QED) is 0.926. The third kappa shape index (κ3) is 3.73. The fraction of sp³-hybridized carbons (Fsp3) is 0.462. The standard InChI is InChI=1S/C13H18BrNO2/c1-13(2,3)8-15(4)10-7-5-6-9(14)11(10)12(16)17/h5-7H,8H2,1-4H3,(H,16,17). The highest BCUT2D eigenvalue weighted by Crippen LogP contribution is 2.29. The van der Waals surface area contributed by atoms with E-state index in [0.717, 1.165) is 12.2 Å². The minimum absolute atomic E-state index is 0.118. The summed E-state index contributed by atoms with van der Waals surface area (Å²) in [5, 5.41) is 9.24. The van der Waals surface area contributed by atoms with Crippen LogP contribution in [0.1, 0.15) is 31.1 Å². The molecule has 3 nitrogen and oxygen atoms in total. The molecule has 1 N–H and O–H groups in total. The van der Waals surface area contributed by atoms with Crippen LogP contribution in [-0.4, -0.2) is 24.7 Å². The lowest BCUT2D eigenvalue weighted by molar-refractivity contribution is 0.0696. The Bertz CT molecular complexity index is 424. The highest BCUT2D eigenvalue weighted by molar-refractivity contribution is 9.10. The zero-order valence-corrected chi connectivity index (χ0v) is 12.2. The van der Waals surface area contributed by atoms with Gasteiger partial charge in [-0.3, -0.25) is 0 Å². The maximum atomic E-state index is 11.3. The van der Waals surface area contributed by atoms with Crippen molar-refractivity contribution in [2.45, 2.75) is 20.8 Å². The molecule has 0 spiro atoms. The average molecular weight is 300 g/mol. The van der Waals surface area contributed by atoms with Crippen LogP contribution in [0.3, 0.4) is 0 Å². The second-order valence-electron chi connectivity index (χ2n) is 5.36. The van der Waals surface area contributed by atoms with Crippen LogP contribution >= 0.6 is 15.9 Å². The molecule has 1 aromatic rings. The summed E-state index contributed by atoms with van der Waals surface area (Å²) in [7, 11) is 1.92. The molecule has 4 heteroatoms. The molecule has 0 unspecified atom stereocenters. The largest absolute Gasteiger partial charge is 0.478 e. The smallest absolute Gasteiger partial charge is 0.338 e. The van der Waals surface area contributed by atoms with E-state index in [1.807, 2.05) is 24.1 Å². The molecule has 0 aliphatic rings. The van der Waals surface area contributed by atoms with E-state index in [1.54, 1.807) is 6.07 Å². The molecule has 0 aromatic heterocycles. The molecule has 94 valence electrons. The Morgan fingerprint density at radius 2 is 2.00 bits per heavy atom. The van der Waals surface area contributed by atoms with Crippen molar-refractivity contribution in [1.29, 1.82) is 0 Å². The van der Waals surface area contributed by atoms with Crippen LogP contribution < -0.4 is 4.90 Å². The summed E-state index contributed by atoms with van der Waals surface area (Å²) in [5.41, 5.74) is 1.17. The van der Waals surface area contributed by atoms with Crippen LogP contribution in [0.15, 0.2) is 22.7 Å². The predicted molar refractivity (Wildman–Crippen MR) is 73.8 cm³/mol. The highest BCUT2D eigenvalue weighted by Gasteiger charge is 2.20. The van der Waals surface area contributed by atoms with E-state index in [1.165, 1.54) is 0 Å². The van der Waals surface area contributed by atoms with E-state index >= 15 is 0 Å². The van der Waals surface area contributed by atoms with Crippen molar-refractivity contribution in [2.24, 2.45) is 5.41 Å². The summed E-state index contributed by atoms with van der Waals surface area (Å²) in [6, 6.07) is 5.43. The van der Waals surface area contributed by atoms with Crippen molar-refractivity contribution in [3.8, 4) is 0 Å². The molecule has 0 saturated carbocycles. The highest BCUT2D eigenvalue weighted by atomic mass is 79.9. The summed E-state index contributed by atoms with van der Waals surface area (Å²) in [4.78, 5) is 13.2. The van der Waals surface area contributed by atoms with Crippen molar-refractivity contribution in [3.63, 3.8) is 0 Å². The topological polar surface area (TPSA) is 40.5 Å². The van der Waals surface area contributed by atoms with Crippen LogP contribution in [0.5, 0.6) is 0 Å². The lowest BCUT2D eigenvalue weighted by atomic mass is 9.95. The number of benzene rings is 1. The first-order chi connectivity index (χ1) is 7.72. The van der Waals surface area contributed by atoms with Gasteiger partial charge >= 0.3 is 5.97 Å². The molecule has 0 fully saturated rings. The van der Waals surface area contributed by atoms with Gasteiger partial charge in [-0.1, -0.05) is 26.8 Å². The predicted octanol–water partition coefficient (Wildman–Crippen LogP) is 3.63. The van der Waals surface area contributed by atoms with E-state index in [-0.39, 0.29) is 5.41 Å². The fourth-order valence-electron chi connectivity index (χ4n) is 1.84. The molecule has 0 radical (unpaired) electrons. The number of aromatic carboxylic acids is 1. The summed E-state index contributed by atoms with van der Waals surface area (Å²) < 4.78 is 0.614. The zero-order valence-electron chi connectivity index (χ0n) is 10.6. The molecule has 0 heterocycles. The lowest BCUT2D eigenvalue weighted by Crippen LogP contribution is -2.30. The number of hydrogen-bond acceptors (Lipinski definition) is 2. The van der Waals surface area contributed by atoms with Gasteiger partial charge in [0.2, 0.25) is 0 Å². The molecular weight excluding hydrogens is 282 g/mol. The summed E-state index contributed by atoms with van der Waals surface area (Å²) in [5.74, 6) is -0.909. The number of halogens is 1. The number of carboxylic acid groups (broad SMARTS) is 1. The van der Waals surface area contributed by atoms with Gasteiger partial charge in [0.05, 0.1) is 11.3 Å². The number of nitrogens with zero attached hydrogens (tertiary/aromatic N) is 1. The number of carbonyl (C=O) groups is 1.